The number of aromatic amines is 1. The molecule has 1 N–H and O–H groups in total. The Labute approximate surface area is 153 Å². The maximum Gasteiger partial charge on any atom is 0.205 e. The van der Waals surface area contributed by atoms with E-state index >= 15 is 0 Å². The zero-order valence-electron chi connectivity index (χ0n) is 13.3. The van der Waals surface area contributed by atoms with Crippen molar-refractivity contribution in [1.82, 2.24) is 14.4 Å². The number of benzene rings is 2. The highest BCUT2D eigenvalue weighted by atomic mass is 35.5. The minimum atomic E-state index is -0.276. The van der Waals surface area contributed by atoms with Crippen molar-refractivity contribution in [3.8, 4) is 22.4 Å². The van der Waals surface area contributed by atoms with Crippen molar-refractivity contribution in [2.24, 2.45) is 0 Å². The van der Waals surface area contributed by atoms with Gasteiger partial charge in [-0.1, -0.05) is 35.9 Å². The highest BCUT2D eigenvalue weighted by Gasteiger charge is 2.12. The van der Waals surface area contributed by atoms with Crippen LogP contribution in [0.2, 0.25) is 5.02 Å². The van der Waals surface area contributed by atoms with Crippen LogP contribution in [0.1, 0.15) is 5.56 Å². The molecule has 0 aliphatic rings. The number of halogens is 2. The number of aromatic nitrogens is 3. The van der Waals surface area contributed by atoms with Crippen molar-refractivity contribution in [1.29, 1.82) is 0 Å². The van der Waals surface area contributed by atoms with Gasteiger partial charge in [0, 0.05) is 28.5 Å². The molecule has 0 amide bonds. The molecule has 0 radical (unpaired) electrons. The Morgan fingerprint density at radius 3 is 2.64 bits per heavy atom. The van der Waals surface area contributed by atoms with Gasteiger partial charge in [0.2, 0.25) is 4.77 Å². The Morgan fingerprint density at radius 2 is 1.88 bits per heavy atom. The molecular weight excluding hydrogens is 357 g/mol. The molecule has 0 spiro atoms. The van der Waals surface area contributed by atoms with Crippen LogP contribution in [-0.4, -0.2) is 14.4 Å². The van der Waals surface area contributed by atoms with Crippen LogP contribution < -0.4 is 0 Å². The fourth-order valence-electron chi connectivity index (χ4n) is 2.88. The summed E-state index contributed by atoms with van der Waals surface area (Å²) in [7, 11) is 0. The van der Waals surface area contributed by atoms with Crippen LogP contribution in [0.5, 0.6) is 0 Å². The van der Waals surface area contributed by atoms with E-state index in [1.165, 1.54) is 12.1 Å². The van der Waals surface area contributed by atoms with Gasteiger partial charge >= 0.3 is 0 Å². The molecule has 124 valence electrons. The largest absolute Gasteiger partial charge is 0.339 e. The van der Waals surface area contributed by atoms with Gasteiger partial charge in [0.05, 0.1) is 5.69 Å². The van der Waals surface area contributed by atoms with Crippen molar-refractivity contribution >= 4 is 29.5 Å². The van der Waals surface area contributed by atoms with Crippen molar-refractivity contribution < 1.29 is 4.39 Å². The highest BCUT2D eigenvalue weighted by molar-refractivity contribution is 7.71. The van der Waals surface area contributed by atoms with E-state index in [0.717, 1.165) is 33.6 Å². The van der Waals surface area contributed by atoms with Gasteiger partial charge in [-0.2, -0.15) is 0 Å². The maximum atomic E-state index is 13.2. The molecule has 0 saturated heterocycles. The van der Waals surface area contributed by atoms with Gasteiger partial charge in [-0.3, -0.25) is 4.40 Å². The molecule has 3 nitrogen and oxygen atoms in total. The van der Waals surface area contributed by atoms with E-state index in [1.807, 2.05) is 35.7 Å². The van der Waals surface area contributed by atoms with Crippen molar-refractivity contribution in [3.63, 3.8) is 0 Å². The number of nitrogens with zero attached hydrogens (tertiary/aromatic N) is 2. The molecular formula is C19H13ClFN3S. The summed E-state index contributed by atoms with van der Waals surface area (Å²) < 4.78 is 15.5. The van der Waals surface area contributed by atoms with Crippen molar-refractivity contribution in [2.45, 2.75) is 6.92 Å². The van der Waals surface area contributed by atoms with E-state index in [4.69, 9.17) is 23.8 Å². The number of imidazole rings is 1. The van der Waals surface area contributed by atoms with E-state index in [2.05, 4.69) is 9.97 Å². The minimum Gasteiger partial charge on any atom is -0.339 e. The Balaban J connectivity index is 1.98. The lowest BCUT2D eigenvalue weighted by Crippen LogP contribution is -1.92. The molecule has 0 atom stereocenters. The van der Waals surface area contributed by atoms with E-state index in [0.29, 0.717) is 9.79 Å². The summed E-state index contributed by atoms with van der Waals surface area (Å²) in [5, 5.41) is 0.705. The van der Waals surface area contributed by atoms with Gasteiger partial charge in [-0.15, -0.1) is 0 Å². The van der Waals surface area contributed by atoms with Gasteiger partial charge in [-0.25, -0.2) is 9.37 Å². The molecule has 25 heavy (non-hydrogen) atoms. The molecule has 2 heterocycles. The SMILES string of the molecule is Cc1c(Cl)cccc1-c1cn2c(=S)ncc(-c3ccc(F)cc3)c2[nH]1. The van der Waals surface area contributed by atoms with E-state index < -0.39 is 0 Å². The summed E-state index contributed by atoms with van der Waals surface area (Å²) in [6, 6.07) is 12.1. The first-order chi connectivity index (χ1) is 12.0. The quantitative estimate of drug-likeness (QED) is 0.451. The van der Waals surface area contributed by atoms with Crippen LogP contribution in [0.25, 0.3) is 28.0 Å². The third-order valence-corrected chi connectivity index (χ3v) is 4.94. The Kier molecular flexibility index (Phi) is 3.90. The van der Waals surface area contributed by atoms with Crippen LogP contribution in [0.3, 0.4) is 0 Å². The van der Waals surface area contributed by atoms with Crippen LogP contribution in [-0.2, 0) is 0 Å². The molecule has 0 fully saturated rings. The lowest BCUT2D eigenvalue weighted by molar-refractivity contribution is 0.628. The molecule has 6 heteroatoms. The zero-order chi connectivity index (χ0) is 17.6. The first-order valence-corrected chi connectivity index (χ1v) is 8.45. The summed E-state index contributed by atoms with van der Waals surface area (Å²) in [4.78, 5) is 7.70. The highest BCUT2D eigenvalue weighted by Crippen LogP contribution is 2.30. The number of fused-ring (bicyclic) bond motifs is 1. The fourth-order valence-corrected chi connectivity index (χ4v) is 3.25. The third-order valence-electron chi connectivity index (χ3n) is 4.23. The summed E-state index contributed by atoms with van der Waals surface area (Å²) >= 11 is 11.6. The molecule has 2 aromatic carbocycles. The van der Waals surface area contributed by atoms with E-state index in [9.17, 15) is 4.39 Å². The molecule has 0 unspecified atom stereocenters. The first-order valence-electron chi connectivity index (χ1n) is 7.66. The van der Waals surface area contributed by atoms with Crippen LogP contribution in [0.4, 0.5) is 4.39 Å². The van der Waals surface area contributed by atoms with Crippen LogP contribution in [0, 0.1) is 17.5 Å². The second-order valence-corrected chi connectivity index (χ2v) is 6.53. The first kappa shape index (κ1) is 16.0. The summed E-state index contributed by atoms with van der Waals surface area (Å²) in [5.41, 5.74) is 5.38. The predicted molar refractivity (Wildman–Crippen MR) is 101 cm³/mol. The van der Waals surface area contributed by atoms with Crippen molar-refractivity contribution in [2.75, 3.05) is 0 Å². The average Bonchev–Trinajstić information content (AvgIpc) is 3.05. The second kappa shape index (κ2) is 6.10. The van der Waals surface area contributed by atoms with Gasteiger partial charge in [0.25, 0.3) is 0 Å². The maximum absolute atomic E-state index is 13.2. The van der Waals surface area contributed by atoms with E-state index in [-0.39, 0.29) is 5.82 Å². The standard InChI is InChI=1S/C19H13ClFN3S/c1-11-14(3-2-4-16(11)20)17-10-24-18(23-17)15(9-22-19(24)25)12-5-7-13(21)8-6-12/h2-10,23H,1H3. The van der Waals surface area contributed by atoms with Gasteiger partial charge in [0.15, 0.2) is 0 Å². The predicted octanol–water partition coefficient (Wildman–Crippen LogP) is 5.83. The second-order valence-electron chi connectivity index (χ2n) is 5.76. The molecule has 4 rings (SSSR count). The van der Waals surface area contributed by atoms with Crippen LogP contribution in [0.15, 0.2) is 54.9 Å². The summed E-state index contributed by atoms with van der Waals surface area (Å²) in [5.74, 6) is -0.276. The van der Waals surface area contributed by atoms with Crippen molar-refractivity contribution in [3.05, 3.63) is 76.0 Å². The Hall–Kier alpha value is -2.50. The lowest BCUT2D eigenvalue weighted by atomic mass is 10.1. The average molecular weight is 370 g/mol. The van der Waals surface area contributed by atoms with Crippen LogP contribution >= 0.6 is 23.8 Å². The van der Waals surface area contributed by atoms with Gasteiger partial charge in [-0.05, 0) is 48.5 Å². The number of hydrogen-bond acceptors (Lipinski definition) is 2. The zero-order valence-corrected chi connectivity index (χ0v) is 14.8. The summed E-state index contributed by atoms with van der Waals surface area (Å²) in [6.07, 6.45) is 3.62. The third kappa shape index (κ3) is 2.75. The summed E-state index contributed by atoms with van der Waals surface area (Å²) in [6.45, 7) is 1.97. The molecule has 0 saturated carbocycles. The number of rotatable bonds is 2. The smallest absolute Gasteiger partial charge is 0.205 e. The number of hydrogen-bond donors (Lipinski definition) is 1. The lowest BCUT2D eigenvalue weighted by Gasteiger charge is -2.05. The monoisotopic (exact) mass is 369 g/mol. The van der Waals surface area contributed by atoms with E-state index in [1.54, 1.807) is 18.3 Å². The molecule has 0 bridgehead atoms. The number of H-pyrrole nitrogens is 1. The fraction of sp³-hybridized carbons (Fsp3) is 0.0526. The topological polar surface area (TPSA) is 33.1 Å². The molecule has 0 aliphatic heterocycles. The number of nitrogens with one attached hydrogen (secondary N) is 1. The minimum absolute atomic E-state index is 0.276. The van der Waals surface area contributed by atoms with Gasteiger partial charge < -0.3 is 4.98 Å². The normalized spacial score (nSPS) is 11.2. The molecule has 2 aromatic heterocycles. The molecule has 0 aliphatic carbocycles. The Bertz CT molecular complexity index is 1150. The Morgan fingerprint density at radius 1 is 1.12 bits per heavy atom. The molecule has 4 aromatic rings. The van der Waals surface area contributed by atoms with Gasteiger partial charge in [0.1, 0.15) is 11.5 Å².